The lowest BCUT2D eigenvalue weighted by atomic mass is 10.2. The second-order valence-electron chi connectivity index (χ2n) is 2.51. The van der Waals surface area contributed by atoms with Crippen molar-refractivity contribution in [1.82, 2.24) is 0 Å². The van der Waals surface area contributed by atoms with Gasteiger partial charge in [-0.25, -0.2) is 0 Å². The molecule has 1 rings (SSSR count). The van der Waals surface area contributed by atoms with Crippen LogP contribution in [0.2, 0.25) is 0 Å². The van der Waals surface area contributed by atoms with Crippen LogP contribution < -0.4 is 21.9 Å². The molecule has 1 aromatic rings. The van der Waals surface area contributed by atoms with Gasteiger partial charge in [0.25, 0.3) is 5.91 Å². The number of nitrogen functional groups attached to an aromatic ring is 2. The summed E-state index contributed by atoms with van der Waals surface area (Å²) in [5.74, 6) is -0.180. The highest BCUT2D eigenvalue weighted by atomic mass is 16.5. The lowest BCUT2D eigenvalue weighted by Crippen LogP contribution is -2.20. The fraction of sp³-hybridized carbons (Fsp3) is 0.125. The van der Waals surface area contributed by atoms with E-state index in [2.05, 4.69) is 0 Å². The number of primary amides is 1. The predicted molar refractivity (Wildman–Crippen MR) is 50.0 cm³/mol. The Hall–Kier alpha value is -1.91. The molecule has 5 nitrogen and oxygen atoms in total. The minimum absolute atomic E-state index is 0.201. The van der Waals surface area contributed by atoms with Gasteiger partial charge < -0.3 is 21.9 Å². The molecule has 70 valence electrons. The zero-order valence-corrected chi connectivity index (χ0v) is 6.99. The van der Waals surface area contributed by atoms with Crippen molar-refractivity contribution in [2.75, 3.05) is 18.1 Å². The first-order valence-corrected chi connectivity index (χ1v) is 3.66. The fourth-order valence-electron chi connectivity index (χ4n) is 0.836. The van der Waals surface area contributed by atoms with Crippen LogP contribution in [-0.2, 0) is 4.79 Å². The standard InChI is InChI=1S/C8H11N3O2/c9-5-2-1-3-6(8(5)11)13-4-7(10)12/h1-3H,4,9,11H2,(H2,10,12). The van der Waals surface area contributed by atoms with Gasteiger partial charge in [0.15, 0.2) is 6.61 Å². The number of hydrogen-bond acceptors (Lipinski definition) is 4. The van der Waals surface area contributed by atoms with E-state index in [-0.39, 0.29) is 6.61 Å². The number of carbonyl (C=O) groups is 1. The molecule has 0 unspecified atom stereocenters. The third kappa shape index (κ3) is 2.26. The highest BCUT2D eigenvalue weighted by Crippen LogP contribution is 2.26. The van der Waals surface area contributed by atoms with Gasteiger partial charge in [-0.3, -0.25) is 4.79 Å². The minimum atomic E-state index is -0.554. The molecular weight excluding hydrogens is 170 g/mol. The third-order valence-corrected chi connectivity index (χ3v) is 1.47. The average molecular weight is 181 g/mol. The summed E-state index contributed by atoms with van der Waals surface area (Å²) in [4.78, 5) is 10.4. The van der Waals surface area contributed by atoms with Crippen LogP contribution in [0.25, 0.3) is 0 Å². The molecule has 1 aromatic carbocycles. The number of nitrogens with two attached hydrogens (primary N) is 3. The van der Waals surface area contributed by atoms with E-state index in [0.29, 0.717) is 17.1 Å². The molecule has 0 heterocycles. The van der Waals surface area contributed by atoms with Gasteiger partial charge >= 0.3 is 0 Å². The fourth-order valence-corrected chi connectivity index (χ4v) is 0.836. The summed E-state index contributed by atoms with van der Waals surface area (Å²) in [5, 5.41) is 0. The zero-order valence-electron chi connectivity index (χ0n) is 6.99. The number of hydrogen-bond donors (Lipinski definition) is 3. The second-order valence-corrected chi connectivity index (χ2v) is 2.51. The molecule has 0 saturated heterocycles. The SMILES string of the molecule is NC(=O)COc1cccc(N)c1N. The Morgan fingerprint density at radius 2 is 2.08 bits per heavy atom. The molecule has 0 spiro atoms. The molecular formula is C8H11N3O2. The molecule has 0 radical (unpaired) electrons. The molecule has 0 bridgehead atoms. The van der Waals surface area contributed by atoms with E-state index in [1.807, 2.05) is 0 Å². The molecule has 0 fully saturated rings. The molecule has 0 atom stereocenters. The molecule has 0 aliphatic rings. The predicted octanol–water partition coefficient (Wildman–Crippen LogP) is -0.285. The van der Waals surface area contributed by atoms with Crippen LogP contribution in [0.4, 0.5) is 11.4 Å². The van der Waals surface area contributed by atoms with Crippen LogP contribution in [0.5, 0.6) is 5.75 Å². The normalized spacial score (nSPS) is 9.54. The molecule has 1 amide bonds. The van der Waals surface area contributed by atoms with Crippen LogP contribution in [0.3, 0.4) is 0 Å². The van der Waals surface area contributed by atoms with E-state index in [0.717, 1.165) is 0 Å². The van der Waals surface area contributed by atoms with Gasteiger partial charge in [-0.15, -0.1) is 0 Å². The van der Waals surface area contributed by atoms with Crippen LogP contribution in [0.1, 0.15) is 0 Å². The van der Waals surface area contributed by atoms with Crippen molar-refractivity contribution < 1.29 is 9.53 Å². The lowest BCUT2D eigenvalue weighted by Gasteiger charge is -2.07. The molecule has 5 heteroatoms. The first-order valence-electron chi connectivity index (χ1n) is 3.66. The molecule has 13 heavy (non-hydrogen) atoms. The Labute approximate surface area is 75.5 Å². The maximum atomic E-state index is 10.4. The van der Waals surface area contributed by atoms with Gasteiger partial charge in [0.05, 0.1) is 11.4 Å². The maximum absolute atomic E-state index is 10.4. The molecule has 0 aromatic heterocycles. The molecule has 6 N–H and O–H groups in total. The van der Waals surface area contributed by atoms with Gasteiger partial charge in [0, 0.05) is 0 Å². The smallest absolute Gasteiger partial charge is 0.255 e. The van der Waals surface area contributed by atoms with Crippen molar-refractivity contribution in [2.45, 2.75) is 0 Å². The van der Waals surface area contributed by atoms with Crippen molar-refractivity contribution in [3.63, 3.8) is 0 Å². The first kappa shape index (κ1) is 9.18. The van der Waals surface area contributed by atoms with Crippen LogP contribution in [0.15, 0.2) is 18.2 Å². The largest absolute Gasteiger partial charge is 0.482 e. The van der Waals surface area contributed by atoms with E-state index in [1.165, 1.54) is 0 Å². The summed E-state index contributed by atoms with van der Waals surface area (Å²) in [6.45, 7) is -0.201. The van der Waals surface area contributed by atoms with Gasteiger partial charge in [-0.2, -0.15) is 0 Å². The van der Waals surface area contributed by atoms with E-state index < -0.39 is 5.91 Å². The van der Waals surface area contributed by atoms with Crippen molar-refractivity contribution >= 4 is 17.3 Å². The van der Waals surface area contributed by atoms with Gasteiger partial charge in [0.1, 0.15) is 5.75 Å². The zero-order chi connectivity index (χ0) is 9.84. The maximum Gasteiger partial charge on any atom is 0.255 e. The van der Waals surface area contributed by atoms with E-state index in [9.17, 15) is 4.79 Å². The summed E-state index contributed by atoms with van der Waals surface area (Å²) in [5.41, 5.74) is 16.7. The van der Waals surface area contributed by atoms with Crippen molar-refractivity contribution in [3.8, 4) is 5.75 Å². The molecule has 0 aliphatic carbocycles. The summed E-state index contributed by atoms with van der Waals surface area (Å²) >= 11 is 0. The lowest BCUT2D eigenvalue weighted by molar-refractivity contribution is -0.119. The van der Waals surface area contributed by atoms with Crippen LogP contribution >= 0.6 is 0 Å². The Morgan fingerprint density at radius 3 is 2.69 bits per heavy atom. The van der Waals surface area contributed by atoms with Crippen molar-refractivity contribution in [1.29, 1.82) is 0 Å². The van der Waals surface area contributed by atoms with Gasteiger partial charge in [0.2, 0.25) is 0 Å². The average Bonchev–Trinajstić information content (AvgIpc) is 2.07. The third-order valence-electron chi connectivity index (χ3n) is 1.47. The quantitative estimate of drug-likeness (QED) is 0.557. The Kier molecular flexibility index (Phi) is 2.59. The van der Waals surface area contributed by atoms with E-state index in [4.69, 9.17) is 21.9 Å². The van der Waals surface area contributed by atoms with Gasteiger partial charge in [-0.05, 0) is 12.1 Å². The second kappa shape index (κ2) is 3.66. The highest BCUT2D eigenvalue weighted by Gasteiger charge is 2.03. The Morgan fingerprint density at radius 1 is 1.38 bits per heavy atom. The summed E-state index contributed by atoms with van der Waals surface area (Å²) in [6.07, 6.45) is 0. The Balaban J connectivity index is 2.77. The number of para-hydroxylation sites is 1. The van der Waals surface area contributed by atoms with Crippen LogP contribution in [-0.4, -0.2) is 12.5 Å². The number of rotatable bonds is 3. The van der Waals surface area contributed by atoms with E-state index in [1.54, 1.807) is 18.2 Å². The number of anilines is 2. The van der Waals surface area contributed by atoms with Gasteiger partial charge in [-0.1, -0.05) is 6.07 Å². The summed E-state index contributed by atoms with van der Waals surface area (Å²) in [7, 11) is 0. The number of benzene rings is 1. The molecule has 0 saturated carbocycles. The van der Waals surface area contributed by atoms with Crippen molar-refractivity contribution in [3.05, 3.63) is 18.2 Å². The number of carbonyl (C=O) groups excluding carboxylic acids is 1. The van der Waals surface area contributed by atoms with E-state index >= 15 is 0 Å². The molecule has 0 aliphatic heterocycles. The van der Waals surface area contributed by atoms with Crippen molar-refractivity contribution in [2.24, 2.45) is 5.73 Å². The number of ether oxygens (including phenoxy) is 1. The highest BCUT2D eigenvalue weighted by molar-refractivity contribution is 5.76. The number of amides is 1. The topological polar surface area (TPSA) is 104 Å². The van der Waals surface area contributed by atoms with Crippen LogP contribution in [0, 0.1) is 0 Å². The summed E-state index contributed by atoms with van der Waals surface area (Å²) < 4.78 is 5.00. The monoisotopic (exact) mass is 181 g/mol. The summed E-state index contributed by atoms with van der Waals surface area (Å²) in [6, 6.07) is 4.95. The Bertz CT molecular complexity index is 325. The first-order chi connectivity index (χ1) is 6.11. The minimum Gasteiger partial charge on any atom is -0.482 e.